The summed E-state index contributed by atoms with van der Waals surface area (Å²) in [6, 6.07) is 6.26. The monoisotopic (exact) mass is 331 g/mol. The number of benzene rings is 1. The summed E-state index contributed by atoms with van der Waals surface area (Å²) in [5.74, 6) is 0.883. The number of aryl methyl sites for hydroxylation is 2. The van der Waals surface area contributed by atoms with Crippen LogP contribution in [-0.4, -0.2) is 9.55 Å². The van der Waals surface area contributed by atoms with Crippen LogP contribution in [0.5, 0.6) is 0 Å². The van der Waals surface area contributed by atoms with E-state index in [1.165, 1.54) is 18.4 Å². The summed E-state index contributed by atoms with van der Waals surface area (Å²) in [5, 5.41) is 3.50. The third-order valence-corrected chi connectivity index (χ3v) is 4.66. The Morgan fingerprint density at radius 1 is 1.39 bits per heavy atom. The van der Waals surface area contributed by atoms with Gasteiger partial charge in [0, 0.05) is 17.9 Å². The molecular weight excluding hydrogens is 310 g/mol. The average molecular weight is 332 g/mol. The van der Waals surface area contributed by atoms with E-state index >= 15 is 0 Å². The van der Waals surface area contributed by atoms with E-state index in [1.807, 2.05) is 26.0 Å². The SMILES string of the molecule is CC[C@H](C1CC1)n1cc(Cl)nc(Nc2ccc(C)cc2C)c1=O. The quantitative estimate of drug-likeness (QED) is 0.869. The van der Waals surface area contributed by atoms with Crippen molar-refractivity contribution in [1.29, 1.82) is 0 Å². The molecule has 1 aliphatic carbocycles. The minimum absolute atomic E-state index is 0.104. The maximum absolute atomic E-state index is 12.8. The van der Waals surface area contributed by atoms with Crippen molar-refractivity contribution in [2.45, 2.75) is 46.1 Å². The van der Waals surface area contributed by atoms with Crippen LogP contribution in [0.25, 0.3) is 0 Å². The van der Waals surface area contributed by atoms with Gasteiger partial charge in [0.25, 0.3) is 5.56 Å². The smallest absolute Gasteiger partial charge is 0.294 e. The molecule has 0 unspecified atom stereocenters. The lowest BCUT2D eigenvalue weighted by Crippen LogP contribution is -2.28. The second kappa shape index (κ2) is 6.36. The maximum atomic E-state index is 12.8. The number of anilines is 2. The van der Waals surface area contributed by atoms with Gasteiger partial charge in [-0.2, -0.15) is 0 Å². The van der Waals surface area contributed by atoms with Gasteiger partial charge in [-0.25, -0.2) is 4.98 Å². The minimum atomic E-state index is -0.104. The second-order valence-corrected chi connectivity index (χ2v) is 6.77. The van der Waals surface area contributed by atoms with Gasteiger partial charge in [0.15, 0.2) is 5.82 Å². The molecule has 23 heavy (non-hydrogen) atoms. The molecule has 0 amide bonds. The van der Waals surface area contributed by atoms with Crippen molar-refractivity contribution in [3.05, 3.63) is 51.0 Å². The highest BCUT2D eigenvalue weighted by atomic mass is 35.5. The van der Waals surface area contributed by atoms with E-state index in [4.69, 9.17) is 11.6 Å². The summed E-state index contributed by atoms with van der Waals surface area (Å²) < 4.78 is 1.76. The van der Waals surface area contributed by atoms with Crippen LogP contribution >= 0.6 is 11.6 Å². The summed E-state index contributed by atoms with van der Waals surface area (Å²) in [7, 11) is 0. The molecular formula is C18H22ClN3O. The van der Waals surface area contributed by atoms with Crippen LogP contribution < -0.4 is 10.9 Å². The molecule has 0 bridgehead atoms. The fourth-order valence-corrected chi connectivity index (χ4v) is 3.32. The Hall–Kier alpha value is -1.81. The highest BCUT2D eigenvalue weighted by Crippen LogP contribution is 2.41. The molecule has 4 nitrogen and oxygen atoms in total. The Bertz CT molecular complexity index is 780. The summed E-state index contributed by atoms with van der Waals surface area (Å²) in [6.07, 6.45) is 4.97. The van der Waals surface area contributed by atoms with E-state index in [0.29, 0.717) is 16.9 Å². The molecule has 1 N–H and O–H groups in total. The van der Waals surface area contributed by atoms with Crippen molar-refractivity contribution in [3.63, 3.8) is 0 Å². The molecule has 1 aromatic carbocycles. The topological polar surface area (TPSA) is 46.9 Å². The molecule has 1 saturated carbocycles. The standard InChI is InChI=1S/C18H22ClN3O/c1-4-15(13-6-7-13)22-10-16(19)21-17(18(22)23)20-14-8-5-11(2)9-12(14)3/h5,8-10,13,15H,4,6-7H2,1-3H3,(H,20,21)/t15-/m1/s1. The van der Waals surface area contributed by atoms with Gasteiger partial charge in [-0.1, -0.05) is 36.2 Å². The zero-order valence-electron chi connectivity index (χ0n) is 13.8. The first-order valence-electron chi connectivity index (χ1n) is 8.12. The molecule has 1 aromatic heterocycles. The normalized spacial score (nSPS) is 15.5. The first-order valence-corrected chi connectivity index (χ1v) is 8.50. The van der Waals surface area contributed by atoms with Crippen LogP contribution in [-0.2, 0) is 0 Å². The van der Waals surface area contributed by atoms with Crippen LogP contribution in [0.15, 0.2) is 29.2 Å². The predicted octanol–water partition coefficient (Wildman–Crippen LogP) is 4.62. The number of hydrogen-bond acceptors (Lipinski definition) is 3. The third-order valence-electron chi connectivity index (χ3n) is 4.48. The van der Waals surface area contributed by atoms with Crippen LogP contribution in [0.4, 0.5) is 11.5 Å². The van der Waals surface area contributed by atoms with Crippen LogP contribution in [0.2, 0.25) is 5.15 Å². The van der Waals surface area contributed by atoms with E-state index < -0.39 is 0 Å². The van der Waals surface area contributed by atoms with Gasteiger partial charge in [0.05, 0.1) is 0 Å². The van der Waals surface area contributed by atoms with E-state index in [0.717, 1.165) is 17.7 Å². The zero-order chi connectivity index (χ0) is 16.6. The lowest BCUT2D eigenvalue weighted by molar-refractivity contribution is 0.419. The highest BCUT2D eigenvalue weighted by molar-refractivity contribution is 6.29. The number of rotatable bonds is 5. The van der Waals surface area contributed by atoms with E-state index in [-0.39, 0.29) is 11.6 Å². The number of nitrogens with zero attached hydrogens (tertiary/aromatic N) is 2. The fourth-order valence-electron chi connectivity index (χ4n) is 3.13. The summed E-state index contributed by atoms with van der Waals surface area (Å²) in [4.78, 5) is 17.0. The van der Waals surface area contributed by atoms with Gasteiger partial charge in [0.2, 0.25) is 0 Å². The van der Waals surface area contributed by atoms with Crippen molar-refractivity contribution in [3.8, 4) is 0 Å². The largest absolute Gasteiger partial charge is 0.335 e. The summed E-state index contributed by atoms with van der Waals surface area (Å²) in [6.45, 7) is 6.17. The van der Waals surface area contributed by atoms with Gasteiger partial charge in [-0.05, 0) is 50.7 Å². The van der Waals surface area contributed by atoms with Crippen LogP contribution in [0, 0.1) is 19.8 Å². The molecule has 0 spiro atoms. The molecule has 2 aromatic rings. The Morgan fingerprint density at radius 3 is 2.74 bits per heavy atom. The van der Waals surface area contributed by atoms with Crippen LogP contribution in [0.3, 0.4) is 0 Å². The molecule has 3 rings (SSSR count). The summed E-state index contributed by atoms with van der Waals surface area (Å²) in [5.41, 5.74) is 3.04. The number of nitrogens with one attached hydrogen (secondary N) is 1. The van der Waals surface area contributed by atoms with Gasteiger partial charge >= 0.3 is 0 Å². The van der Waals surface area contributed by atoms with Crippen molar-refractivity contribution >= 4 is 23.1 Å². The van der Waals surface area contributed by atoms with Gasteiger partial charge in [-0.15, -0.1) is 0 Å². The molecule has 1 fully saturated rings. The Morgan fingerprint density at radius 2 is 2.13 bits per heavy atom. The van der Waals surface area contributed by atoms with Crippen molar-refractivity contribution < 1.29 is 0 Å². The fraction of sp³-hybridized carbons (Fsp3) is 0.444. The van der Waals surface area contributed by atoms with E-state index in [1.54, 1.807) is 10.8 Å². The Labute approximate surface area is 141 Å². The lowest BCUT2D eigenvalue weighted by atomic mass is 10.1. The Kier molecular flexibility index (Phi) is 4.44. The second-order valence-electron chi connectivity index (χ2n) is 6.38. The summed E-state index contributed by atoms with van der Waals surface area (Å²) >= 11 is 6.17. The van der Waals surface area contributed by atoms with Gasteiger partial charge in [0.1, 0.15) is 5.15 Å². The van der Waals surface area contributed by atoms with Gasteiger partial charge in [-0.3, -0.25) is 4.79 Å². The lowest BCUT2D eigenvalue weighted by Gasteiger charge is -2.19. The first kappa shape index (κ1) is 16.1. The highest BCUT2D eigenvalue weighted by Gasteiger charge is 2.32. The molecule has 0 saturated heterocycles. The molecule has 1 atom stereocenters. The predicted molar refractivity (Wildman–Crippen MR) is 94.8 cm³/mol. The molecule has 1 heterocycles. The zero-order valence-corrected chi connectivity index (χ0v) is 14.5. The third kappa shape index (κ3) is 3.42. The average Bonchev–Trinajstić information content (AvgIpc) is 3.32. The molecule has 0 radical (unpaired) electrons. The van der Waals surface area contributed by atoms with Crippen LogP contribution in [0.1, 0.15) is 43.4 Å². The van der Waals surface area contributed by atoms with Crippen molar-refractivity contribution in [1.82, 2.24) is 9.55 Å². The number of hydrogen-bond donors (Lipinski definition) is 1. The Balaban J connectivity index is 1.99. The first-order chi connectivity index (χ1) is 11.0. The molecule has 122 valence electrons. The molecule has 0 aliphatic heterocycles. The van der Waals surface area contributed by atoms with E-state index in [9.17, 15) is 4.79 Å². The van der Waals surface area contributed by atoms with Crippen molar-refractivity contribution in [2.24, 2.45) is 5.92 Å². The number of aromatic nitrogens is 2. The molecule has 1 aliphatic rings. The minimum Gasteiger partial charge on any atom is -0.335 e. The van der Waals surface area contributed by atoms with Crippen molar-refractivity contribution in [2.75, 3.05) is 5.32 Å². The van der Waals surface area contributed by atoms with E-state index in [2.05, 4.69) is 23.3 Å². The maximum Gasteiger partial charge on any atom is 0.294 e. The number of halogens is 1. The molecule has 5 heteroatoms. The van der Waals surface area contributed by atoms with Gasteiger partial charge < -0.3 is 9.88 Å².